The first kappa shape index (κ1) is 20.0. The van der Waals surface area contributed by atoms with Crippen molar-refractivity contribution in [3.8, 4) is 5.75 Å². The smallest absolute Gasteiger partial charge is 0.224 e. The summed E-state index contributed by atoms with van der Waals surface area (Å²) < 4.78 is 5.26. The van der Waals surface area contributed by atoms with Crippen LogP contribution in [0.15, 0.2) is 42.5 Å². The lowest BCUT2D eigenvalue weighted by Gasteiger charge is -2.25. The van der Waals surface area contributed by atoms with Crippen LogP contribution in [0.5, 0.6) is 5.75 Å². The number of likely N-dealkylation sites (tertiary alicyclic amines) is 1. The van der Waals surface area contributed by atoms with Crippen molar-refractivity contribution < 1.29 is 14.4 Å². The van der Waals surface area contributed by atoms with Crippen LogP contribution in [0.1, 0.15) is 30.0 Å². The van der Waals surface area contributed by atoms with Gasteiger partial charge in [-0.15, -0.1) is 0 Å². The molecule has 1 amide bonds. The first-order valence-corrected chi connectivity index (χ1v) is 10.0. The zero-order valence-corrected chi connectivity index (χ0v) is 16.9. The topological polar surface area (TPSA) is 42.8 Å². The van der Waals surface area contributed by atoms with E-state index in [1.165, 1.54) is 23.3 Å². The van der Waals surface area contributed by atoms with E-state index >= 15 is 0 Å². The summed E-state index contributed by atoms with van der Waals surface area (Å²) in [6, 6.07) is 13.6. The highest BCUT2D eigenvalue weighted by molar-refractivity contribution is 6.36. The van der Waals surface area contributed by atoms with Gasteiger partial charge in [-0.25, -0.2) is 0 Å². The molecule has 0 radical (unpaired) electrons. The molecule has 1 aliphatic rings. The Kier molecular flexibility index (Phi) is 7.00. The highest BCUT2D eigenvalue weighted by Gasteiger charge is 2.28. The number of carbonyl (C=O) groups excluding carboxylic acids is 1. The maximum absolute atomic E-state index is 12.5. The lowest BCUT2D eigenvalue weighted by Crippen LogP contribution is -3.11. The van der Waals surface area contributed by atoms with Crippen LogP contribution in [-0.2, 0) is 11.2 Å². The molecule has 2 aromatic rings. The number of halogens is 2. The Bertz CT molecular complexity index is 754. The van der Waals surface area contributed by atoms with Crippen LogP contribution in [0.2, 0.25) is 10.0 Å². The molecule has 27 heavy (non-hydrogen) atoms. The van der Waals surface area contributed by atoms with E-state index in [0.29, 0.717) is 22.2 Å². The fourth-order valence-corrected chi connectivity index (χ4v) is 4.18. The second kappa shape index (κ2) is 9.45. The molecule has 4 nitrogen and oxygen atoms in total. The van der Waals surface area contributed by atoms with Gasteiger partial charge in [0.15, 0.2) is 0 Å². The molecule has 2 N–H and O–H groups in total. The third kappa shape index (κ3) is 5.16. The molecule has 1 atom stereocenters. The fraction of sp³-hybridized carbons (Fsp3) is 0.381. The molecule has 6 heteroatoms. The number of rotatable bonds is 7. The maximum atomic E-state index is 12.5. The van der Waals surface area contributed by atoms with Gasteiger partial charge in [-0.1, -0.05) is 29.3 Å². The maximum Gasteiger partial charge on any atom is 0.224 e. The number of hydrogen-bond donors (Lipinski definition) is 2. The number of ether oxygens (including phenoxy) is 1. The Morgan fingerprint density at radius 3 is 2.33 bits per heavy atom. The molecule has 0 saturated carbocycles. The molecular formula is C21H25Cl2N2O2+. The summed E-state index contributed by atoms with van der Waals surface area (Å²) in [4.78, 5) is 14.0. The number of carbonyl (C=O) groups is 1. The van der Waals surface area contributed by atoms with Gasteiger partial charge in [-0.3, -0.25) is 4.79 Å². The van der Waals surface area contributed by atoms with E-state index in [4.69, 9.17) is 27.9 Å². The second-order valence-electron chi connectivity index (χ2n) is 6.87. The average Bonchev–Trinajstić information content (AvgIpc) is 3.20. The summed E-state index contributed by atoms with van der Waals surface area (Å²) in [5, 5.41) is 4.13. The number of benzene rings is 2. The van der Waals surface area contributed by atoms with Gasteiger partial charge in [0.05, 0.1) is 33.2 Å². The summed E-state index contributed by atoms with van der Waals surface area (Å²) >= 11 is 12.4. The Labute approximate surface area is 170 Å². The van der Waals surface area contributed by atoms with E-state index in [-0.39, 0.29) is 18.4 Å². The average molecular weight is 408 g/mol. The van der Waals surface area contributed by atoms with Gasteiger partial charge in [0.25, 0.3) is 0 Å². The SMILES string of the molecule is COc1ccc([C@@H](CNC(=O)Cc2c(Cl)cccc2Cl)[NH+]2CCCC2)cc1. The molecular weight excluding hydrogens is 383 g/mol. The molecule has 0 unspecified atom stereocenters. The summed E-state index contributed by atoms with van der Waals surface area (Å²) in [6.45, 7) is 2.84. The van der Waals surface area contributed by atoms with Crippen molar-refractivity contribution in [3.63, 3.8) is 0 Å². The van der Waals surface area contributed by atoms with Crippen molar-refractivity contribution in [2.24, 2.45) is 0 Å². The van der Waals surface area contributed by atoms with E-state index in [0.717, 1.165) is 18.8 Å². The van der Waals surface area contributed by atoms with E-state index in [1.807, 2.05) is 12.1 Å². The molecule has 1 heterocycles. The summed E-state index contributed by atoms with van der Waals surface area (Å²) in [7, 11) is 1.66. The van der Waals surface area contributed by atoms with Crippen molar-refractivity contribution in [2.75, 3.05) is 26.7 Å². The summed E-state index contributed by atoms with van der Waals surface area (Å²) in [5.74, 6) is 0.772. The van der Waals surface area contributed by atoms with Crippen LogP contribution in [0, 0.1) is 0 Å². The van der Waals surface area contributed by atoms with Crippen molar-refractivity contribution in [1.82, 2.24) is 5.32 Å². The van der Waals surface area contributed by atoms with E-state index < -0.39 is 0 Å². The van der Waals surface area contributed by atoms with Crippen LogP contribution < -0.4 is 15.0 Å². The van der Waals surface area contributed by atoms with Gasteiger partial charge in [-0.2, -0.15) is 0 Å². The number of quaternary nitrogens is 1. The lowest BCUT2D eigenvalue weighted by molar-refractivity contribution is -0.918. The highest BCUT2D eigenvalue weighted by atomic mass is 35.5. The van der Waals surface area contributed by atoms with Gasteiger partial charge >= 0.3 is 0 Å². The van der Waals surface area contributed by atoms with Gasteiger partial charge in [0.2, 0.25) is 5.91 Å². The second-order valence-corrected chi connectivity index (χ2v) is 7.69. The quantitative estimate of drug-likeness (QED) is 0.740. The summed E-state index contributed by atoms with van der Waals surface area (Å²) in [5.41, 5.74) is 1.89. The first-order valence-electron chi connectivity index (χ1n) is 9.26. The lowest BCUT2D eigenvalue weighted by atomic mass is 10.0. The number of hydrogen-bond acceptors (Lipinski definition) is 2. The zero-order valence-electron chi connectivity index (χ0n) is 15.4. The molecule has 3 rings (SSSR count). The van der Waals surface area contributed by atoms with Crippen LogP contribution in [0.25, 0.3) is 0 Å². The van der Waals surface area contributed by atoms with Crippen LogP contribution in [0.3, 0.4) is 0 Å². The zero-order chi connectivity index (χ0) is 19.2. The molecule has 0 aliphatic carbocycles. The van der Waals surface area contributed by atoms with Crippen molar-refractivity contribution in [2.45, 2.75) is 25.3 Å². The molecule has 1 saturated heterocycles. The molecule has 0 bridgehead atoms. The third-order valence-corrected chi connectivity index (χ3v) is 5.87. The normalized spacial score (nSPS) is 15.5. The van der Waals surface area contributed by atoms with Gasteiger partial charge in [0.1, 0.15) is 11.8 Å². The van der Waals surface area contributed by atoms with E-state index in [9.17, 15) is 4.79 Å². The summed E-state index contributed by atoms with van der Waals surface area (Å²) in [6.07, 6.45) is 2.64. The molecule has 0 aromatic heterocycles. The predicted octanol–water partition coefficient (Wildman–Crippen LogP) is 3.08. The third-order valence-electron chi connectivity index (χ3n) is 5.16. The fourth-order valence-electron chi connectivity index (χ4n) is 3.65. The molecule has 0 spiro atoms. The highest BCUT2D eigenvalue weighted by Crippen LogP contribution is 2.24. The van der Waals surface area contributed by atoms with Gasteiger partial charge in [-0.05, 0) is 42.0 Å². The predicted molar refractivity (Wildman–Crippen MR) is 109 cm³/mol. The van der Waals surface area contributed by atoms with Gasteiger partial charge < -0.3 is 15.0 Å². The Morgan fingerprint density at radius 2 is 1.74 bits per heavy atom. The van der Waals surface area contributed by atoms with E-state index in [1.54, 1.807) is 25.3 Å². The molecule has 1 fully saturated rings. The van der Waals surface area contributed by atoms with E-state index in [2.05, 4.69) is 17.4 Å². The minimum absolute atomic E-state index is 0.0675. The molecule has 1 aliphatic heterocycles. The minimum Gasteiger partial charge on any atom is -0.497 e. The molecule has 144 valence electrons. The van der Waals surface area contributed by atoms with Crippen LogP contribution in [-0.4, -0.2) is 32.7 Å². The molecule has 2 aromatic carbocycles. The number of methoxy groups -OCH3 is 1. The van der Waals surface area contributed by atoms with Crippen LogP contribution in [0.4, 0.5) is 0 Å². The Hall–Kier alpha value is -1.75. The van der Waals surface area contributed by atoms with Crippen molar-refractivity contribution in [1.29, 1.82) is 0 Å². The Balaban J connectivity index is 1.67. The monoisotopic (exact) mass is 407 g/mol. The number of nitrogens with one attached hydrogen (secondary N) is 2. The van der Waals surface area contributed by atoms with Crippen LogP contribution >= 0.6 is 23.2 Å². The van der Waals surface area contributed by atoms with Gasteiger partial charge in [0, 0.05) is 28.5 Å². The van der Waals surface area contributed by atoms with Crippen molar-refractivity contribution >= 4 is 29.1 Å². The Morgan fingerprint density at radius 1 is 1.11 bits per heavy atom. The van der Waals surface area contributed by atoms with Crippen molar-refractivity contribution in [3.05, 3.63) is 63.6 Å². The standard InChI is InChI=1S/C21H24Cl2N2O2/c1-27-16-9-7-15(8-10-16)20(25-11-2-3-12-25)14-24-21(26)13-17-18(22)5-4-6-19(17)23/h4-10,20H,2-3,11-14H2,1H3,(H,24,26)/p+1/t20-/m1/s1. The first-order chi connectivity index (χ1) is 13.1. The minimum atomic E-state index is -0.0675. The number of amides is 1. The largest absolute Gasteiger partial charge is 0.497 e.